The average molecular weight is 515 g/mol. The molecule has 11 atom stereocenters. The van der Waals surface area contributed by atoms with Gasteiger partial charge in [-0.05, 0) is 116 Å². The molecule has 0 spiro atoms. The van der Waals surface area contributed by atoms with Gasteiger partial charge >= 0.3 is 11.9 Å². The second-order valence-electron chi connectivity index (χ2n) is 15.2. The molecule has 5 rings (SSSR count). The lowest BCUT2D eigenvalue weighted by Crippen LogP contribution is -2.69. The summed E-state index contributed by atoms with van der Waals surface area (Å²) in [6, 6.07) is 0. The minimum Gasteiger partial charge on any atom is -0.481 e. The van der Waals surface area contributed by atoms with Crippen molar-refractivity contribution in [2.45, 2.75) is 118 Å². The van der Waals surface area contributed by atoms with Gasteiger partial charge in [-0.2, -0.15) is 0 Å². The number of carbonyl (C=O) groups excluding carboxylic acids is 1. The van der Waals surface area contributed by atoms with Gasteiger partial charge < -0.3 is 14.9 Å². The van der Waals surface area contributed by atoms with Crippen LogP contribution < -0.4 is 0 Å². The molecule has 0 aromatic heterocycles. The molecule has 0 heterocycles. The first-order chi connectivity index (χ1) is 17.1. The summed E-state index contributed by atoms with van der Waals surface area (Å²) in [5.74, 6) is 0.174. The van der Waals surface area contributed by atoms with E-state index in [2.05, 4.69) is 48.1 Å². The van der Waals surface area contributed by atoms with Crippen molar-refractivity contribution in [3.63, 3.8) is 0 Å². The van der Waals surface area contributed by atoms with Gasteiger partial charge in [0.2, 0.25) is 0 Å². The van der Waals surface area contributed by atoms with Crippen molar-refractivity contribution in [3.05, 3.63) is 12.2 Å². The van der Waals surface area contributed by atoms with Gasteiger partial charge in [-0.3, -0.25) is 9.59 Å². The van der Waals surface area contributed by atoms with Crippen LogP contribution in [0.5, 0.6) is 0 Å². The molecule has 0 aromatic carbocycles. The Morgan fingerprint density at radius 3 is 2.14 bits per heavy atom. The largest absolute Gasteiger partial charge is 0.481 e. The smallest absolute Gasteiger partial charge is 0.313 e. The Labute approximate surface area is 223 Å². The highest BCUT2D eigenvalue weighted by atomic mass is 16.5. The maximum absolute atomic E-state index is 13.2. The van der Waals surface area contributed by atoms with Gasteiger partial charge in [-0.25, -0.2) is 0 Å². The lowest BCUT2D eigenvalue weighted by atomic mass is 9.32. The standard InChI is InChI=1S/C32H50O5/c1-18(2)20-11-16-32(27(35)36)25(37-19(3)33)17-31(8)21(26(20)32)9-10-23-29(6)14-13-24(34)28(4,5)22(29)12-15-30(23,31)7/h20-26,34H,1,9-17H2,2-8H3,(H,35,36)/t20-,21+,22-,23+,24-,25?,26+,29-,30+,31+,32-/m0/s1. The van der Waals surface area contributed by atoms with Crippen molar-refractivity contribution >= 4 is 11.9 Å². The summed E-state index contributed by atoms with van der Waals surface area (Å²) in [5, 5.41) is 21.7. The highest BCUT2D eigenvalue weighted by Gasteiger charge is 2.74. The third kappa shape index (κ3) is 3.31. The van der Waals surface area contributed by atoms with Crippen molar-refractivity contribution in [1.29, 1.82) is 0 Å². The average Bonchev–Trinajstić information content (AvgIpc) is 3.19. The molecule has 5 fully saturated rings. The first kappa shape index (κ1) is 27.2. The van der Waals surface area contributed by atoms with Gasteiger partial charge in [-0.15, -0.1) is 0 Å². The number of carbonyl (C=O) groups is 2. The molecule has 0 saturated heterocycles. The Morgan fingerprint density at radius 2 is 1.54 bits per heavy atom. The van der Waals surface area contributed by atoms with Gasteiger partial charge in [0.05, 0.1) is 6.10 Å². The molecule has 0 aliphatic heterocycles. The predicted octanol–water partition coefficient (Wildman–Crippen LogP) is 6.63. The molecule has 208 valence electrons. The zero-order valence-corrected chi connectivity index (χ0v) is 24.2. The molecule has 5 saturated carbocycles. The summed E-state index contributed by atoms with van der Waals surface area (Å²) < 4.78 is 6.03. The van der Waals surface area contributed by atoms with Crippen molar-refractivity contribution in [2.24, 2.45) is 56.7 Å². The fourth-order valence-electron chi connectivity index (χ4n) is 11.9. The van der Waals surface area contributed by atoms with E-state index in [-0.39, 0.29) is 51.5 Å². The number of hydrogen-bond donors (Lipinski definition) is 2. The number of rotatable bonds is 3. The molecular formula is C32H50O5. The number of aliphatic hydroxyl groups is 1. The Bertz CT molecular complexity index is 1000. The van der Waals surface area contributed by atoms with Crippen molar-refractivity contribution in [3.8, 4) is 0 Å². The van der Waals surface area contributed by atoms with E-state index in [4.69, 9.17) is 4.74 Å². The zero-order valence-electron chi connectivity index (χ0n) is 24.2. The normalized spacial score (nSPS) is 52.2. The number of ether oxygens (including phenoxy) is 1. The summed E-state index contributed by atoms with van der Waals surface area (Å²) in [4.78, 5) is 25.5. The fraction of sp³-hybridized carbons (Fsp3) is 0.875. The molecular weight excluding hydrogens is 464 g/mol. The summed E-state index contributed by atoms with van der Waals surface area (Å²) in [5.41, 5.74) is -0.0265. The van der Waals surface area contributed by atoms with Crippen LogP contribution in [0.15, 0.2) is 12.2 Å². The number of hydrogen-bond acceptors (Lipinski definition) is 4. The van der Waals surface area contributed by atoms with Crippen LogP contribution >= 0.6 is 0 Å². The van der Waals surface area contributed by atoms with Gasteiger partial charge in [0, 0.05) is 6.92 Å². The van der Waals surface area contributed by atoms with Crippen LogP contribution in [0.3, 0.4) is 0 Å². The minimum atomic E-state index is -1.03. The molecule has 0 amide bonds. The number of aliphatic hydroxyl groups excluding tert-OH is 1. The quantitative estimate of drug-likeness (QED) is 0.326. The zero-order chi connectivity index (χ0) is 27.3. The summed E-state index contributed by atoms with van der Waals surface area (Å²) >= 11 is 0. The number of aliphatic carboxylic acids is 1. The summed E-state index contributed by atoms with van der Waals surface area (Å²) in [6.45, 7) is 19.8. The lowest BCUT2D eigenvalue weighted by molar-refractivity contribution is -0.265. The van der Waals surface area contributed by atoms with Gasteiger partial charge in [0.1, 0.15) is 11.5 Å². The second-order valence-corrected chi connectivity index (χ2v) is 15.2. The predicted molar refractivity (Wildman–Crippen MR) is 144 cm³/mol. The van der Waals surface area contributed by atoms with Crippen molar-refractivity contribution < 1.29 is 24.5 Å². The lowest BCUT2D eigenvalue weighted by Gasteiger charge is -2.73. The molecule has 1 unspecified atom stereocenters. The minimum absolute atomic E-state index is 0.0187. The SMILES string of the molecule is C=C(C)[C@@H]1CC[C@]2(C(=O)O)C(OC(C)=O)C[C@]3(C)[C@H](CC[C@@H]4[C@@]5(C)CC[C@H](O)C(C)(C)[C@@H]5CC[C@]43C)[C@@H]12. The maximum atomic E-state index is 13.2. The number of esters is 1. The molecule has 0 aromatic rings. The monoisotopic (exact) mass is 514 g/mol. The Hall–Kier alpha value is -1.36. The molecule has 5 nitrogen and oxygen atoms in total. The topological polar surface area (TPSA) is 83.8 Å². The molecule has 2 N–H and O–H groups in total. The number of carboxylic acids is 1. The molecule has 0 bridgehead atoms. The van der Waals surface area contributed by atoms with E-state index in [9.17, 15) is 19.8 Å². The van der Waals surface area contributed by atoms with Crippen LogP contribution in [0.4, 0.5) is 0 Å². The van der Waals surface area contributed by atoms with Gasteiger partial charge in [0.25, 0.3) is 0 Å². The molecule has 5 aliphatic rings. The molecule has 5 heteroatoms. The maximum Gasteiger partial charge on any atom is 0.313 e. The third-order valence-electron chi connectivity index (χ3n) is 13.8. The van der Waals surface area contributed by atoms with Crippen LogP contribution in [0.25, 0.3) is 0 Å². The van der Waals surface area contributed by atoms with E-state index in [0.717, 1.165) is 50.5 Å². The van der Waals surface area contributed by atoms with Crippen LogP contribution in [-0.4, -0.2) is 34.4 Å². The Kier molecular flexibility index (Phi) is 6.12. The van der Waals surface area contributed by atoms with E-state index >= 15 is 0 Å². The molecule has 37 heavy (non-hydrogen) atoms. The van der Waals surface area contributed by atoms with Crippen LogP contribution in [0.1, 0.15) is 106 Å². The van der Waals surface area contributed by atoms with E-state index in [1.807, 2.05) is 0 Å². The molecule has 0 radical (unpaired) electrons. The first-order valence-corrected chi connectivity index (χ1v) is 14.8. The van der Waals surface area contributed by atoms with Crippen molar-refractivity contribution in [2.75, 3.05) is 0 Å². The summed E-state index contributed by atoms with van der Waals surface area (Å²) in [7, 11) is 0. The number of allylic oxidation sites excluding steroid dienone is 1. The van der Waals surface area contributed by atoms with Crippen LogP contribution in [0.2, 0.25) is 0 Å². The second kappa shape index (κ2) is 8.32. The van der Waals surface area contributed by atoms with E-state index in [0.29, 0.717) is 24.7 Å². The number of fused-ring (bicyclic) bond motifs is 7. The van der Waals surface area contributed by atoms with E-state index < -0.39 is 17.5 Å². The Balaban J connectivity index is 1.63. The van der Waals surface area contributed by atoms with E-state index in [1.165, 1.54) is 6.92 Å². The van der Waals surface area contributed by atoms with Crippen LogP contribution in [-0.2, 0) is 14.3 Å². The Morgan fingerprint density at radius 1 is 0.865 bits per heavy atom. The van der Waals surface area contributed by atoms with Gasteiger partial charge in [-0.1, -0.05) is 46.8 Å². The fourth-order valence-corrected chi connectivity index (χ4v) is 11.9. The highest BCUT2D eigenvalue weighted by Crippen LogP contribution is 2.77. The summed E-state index contributed by atoms with van der Waals surface area (Å²) in [6.07, 6.45) is 7.34. The third-order valence-corrected chi connectivity index (χ3v) is 13.8. The number of carboxylic acid groups (broad SMARTS) is 1. The van der Waals surface area contributed by atoms with E-state index in [1.54, 1.807) is 0 Å². The first-order valence-electron chi connectivity index (χ1n) is 14.8. The molecule has 5 aliphatic carbocycles. The highest BCUT2D eigenvalue weighted by molar-refractivity contribution is 5.78. The van der Waals surface area contributed by atoms with Crippen LogP contribution in [0, 0.1) is 56.7 Å². The van der Waals surface area contributed by atoms with Crippen molar-refractivity contribution in [1.82, 2.24) is 0 Å². The van der Waals surface area contributed by atoms with Gasteiger partial charge in [0.15, 0.2) is 0 Å².